The summed E-state index contributed by atoms with van der Waals surface area (Å²) in [4.78, 5) is 45.8. The smallest absolute Gasteiger partial charge is 0.472 e. The number of hydrogen-bond donors (Lipinski definition) is 3. The van der Waals surface area contributed by atoms with Crippen molar-refractivity contribution in [2.75, 3.05) is 19.8 Å². The fourth-order valence-electron chi connectivity index (χ4n) is 6.01. The summed E-state index contributed by atoms with van der Waals surface area (Å²) in [5.74, 6) is -2.36. The first-order valence-corrected chi connectivity index (χ1v) is 22.6. The number of carbonyl (C=O) groups is 3. The average molecular weight is 764 g/mol. The standard InChI is InChI=1S/C40H78NO10P/c1-3-5-7-9-11-13-15-17-18-19-20-22-23-25-27-29-31-38(42)48-33-36(34-49-52(46,47)50-35-37(41)40(44)45)51-39(43)32-30-28-26-24-21-16-14-12-10-8-6-4-2/h36-37H,3-35,41H2,1-2H3,(H,44,45)(H,46,47)/t36-,37+/m1/s1. The van der Waals surface area contributed by atoms with Crippen LogP contribution in [0.25, 0.3) is 0 Å². The monoisotopic (exact) mass is 764 g/mol. The second-order valence-electron chi connectivity index (χ2n) is 14.5. The van der Waals surface area contributed by atoms with E-state index in [-0.39, 0.29) is 19.4 Å². The molecule has 0 aromatic heterocycles. The fraction of sp³-hybridized carbons (Fsp3) is 0.925. The van der Waals surface area contributed by atoms with Crippen LogP contribution in [-0.2, 0) is 37.5 Å². The van der Waals surface area contributed by atoms with Gasteiger partial charge in [-0.1, -0.05) is 181 Å². The summed E-state index contributed by atoms with van der Waals surface area (Å²) in [6, 6.07) is -1.52. The van der Waals surface area contributed by atoms with Crippen LogP contribution in [0.3, 0.4) is 0 Å². The number of carboxylic acid groups (broad SMARTS) is 1. The summed E-state index contributed by atoms with van der Waals surface area (Å²) >= 11 is 0. The van der Waals surface area contributed by atoms with E-state index in [1.165, 1.54) is 128 Å². The van der Waals surface area contributed by atoms with Gasteiger partial charge in [0, 0.05) is 12.8 Å². The van der Waals surface area contributed by atoms with Crippen molar-refractivity contribution in [1.82, 2.24) is 0 Å². The number of carboxylic acids is 1. The third kappa shape index (κ3) is 35.5. The molecule has 0 spiro atoms. The van der Waals surface area contributed by atoms with E-state index in [0.717, 1.165) is 38.5 Å². The quantitative estimate of drug-likeness (QED) is 0.0308. The lowest BCUT2D eigenvalue weighted by atomic mass is 10.0. The van der Waals surface area contributed by atoms with Gasteiger partial charge >= 0.3 is 25.7 Å². The molecule has 12 heteroatoms. The molecule has 0 aromatic carbocycles. The molecule has 0 aliphatic heterocycles. The number of esters is 2. The Hall–Kier alpha value is -1.52. The van der Waals surface area contributed by atoms with Gasteiger partial charge < -0.3 is 25.2 Å². The number of phosphoric acid groups is 1. The summed E-state index contributed by atoms with van der Waals surface area (Å²) < 4.78 is 32.6. The van der Waals surface area contributed by atoms with Gasteiger partial charge in [0.2, 0.25) is 0 Å². The van der Waals surface area contributed by atoms with Crippen LogP contribution in [0, 0.1) is 0 Å². The maximum absolute atomic E-state index is 12.6. The van der Waals surface area contributed by atoms with Crippen LogP contribution in [-0.4, -0.2) is 59.9 Å². The first-order valence-electron chi connectivity index (χ1n) is 21.1. The van der Waals surface area contributed by atoms with Gasteiger partial charge in [-0.15, -0.1) is 0 Å². The summed E-state index contributed by atoms with van der Waals surface area (Å²) in [5.41, 5.74) is 5.32. The minimum Gasteiger partial charge on any atom is -0.480 e. The lowest BCUT2D eigenvalue weighted by molar-refractivity contribution is -0.161. The molecule has 0 saturated heterocycles. The van der Waals surface area contributed by atoms with Crippen LogP contribution in [0.1, 0.15) is 206 Å². The van der Waals surface area contributed by atoms with Crippen molar-refractivity contribution in [1.29, 1.82) is 0 Å². The molecule has 0 bridgehead atoms. The van der Waals surface area contributed by atoms with E-state index in [1.807, 2.05) is 0 Å². The molecular weight excluding hydrogens is 685 g/mol. The molecule has 0 saturated carbocycles. The summed E-state index contributed by atoms with van der Waals surface area (Å²) in [6.07, 6.45) is 33.1. The minimum atomic E-state index is -4.70. The maximum Gasteiger partial charge on any atom is 0.472 e. The van der Waals surface area contributed by atoms with E-state index < -0.39 is 51.1 Å². The first-order chi connectivity index (χ1) is 25.1. The number of ether oxygens (including phenoxy) is 2. The molecule has 4 N–H and O–H groups in total. The molecule has 0 heterocycles. The molecule has 0 amide bonds. The number of phosphoric ester groups is 1. The predicted molar refractivity (Wildman–Crippen MR) is 208 cm³/mol. The minimum absolute atomic E-state index is 0.168. The van der Waals surface area contributed by atoms with Crippen molar-refractivity contribution >= 4 is 25.7 Å². The zero-order valence-corrected chi connectivity index (χ0v) is 34.1. The third-order valence-electron chi connectivity index (χ3n) is 9.36. The van der Waals surface area contributed by atoms with Gasteiger partial charge in [0.05, 0.1) is 13.2 Å². The maximum atomic E-state index is 12.6. The molecule has 0 rings (SSSR count). The topological polar surface area (TPSA) is 172 Å². The number of hydrogen-bond acceptors (Lipinski definition) is 9. The molecule has 0 radical (unpaired) electrons. The molecule has 52 heavy (non-hydrogen) atoms. The summed E-state index contributed by atoms with van der Waals surface area (Å²) in [5, 5.41) is 8.87. The van der Waals surface area contributed by atoms with Crippen molar-refractivity contribution < 1.29 is 47.5 Å². The highest BCUT2D eigenvalue weighted by Crippen LogP contribution is 2.43. The van der Waals surface area contributed by atoms with Crippen molar-refractivity contribution in [3.8, 4) is 0 Å². The number of unbranched alkanes of at least 4 members (excludes halogenated alkanes) is 26. The largest absolute Gasteiger partial charge is 0.480 e. The fourth-order valence-corrected chi connectivity index (χ4v) is 6.79. The second kappa shape index (κ2) is 36.5. The van der Waals surface area contributed by atoms with E-state index in [9.17, 15) is 23.8 Å². The zero-order valence-electron chi connectivity index (χ0n) is 33.2. The number of rotatable bonds is 40. The van der Waals surface area contributed by atoms with Gasteiger partial charge in [-0.25, -0.2) is 4.57 Å². The first kappa shape index (κ1) is 50.5. The van der Waals surface area contributed by atoms with Crippen LogP contribution in [0.2, 0.25) is 0 Å². The van der Waals surface area contributed by atoms with Gasteiger partial charge in [-0.05, 0) is 12.8 Å². The van der Waals surface area contributed by atoms with E-state index >= 15 is 0 Å². The van der Waals surface area contributed by atoms with Crippen LogP contribution < -0.4 is 5.73 Å². The molecule has 0 aliphatic rings. The lowest BCUT2D eigenvalue weighted by Gasteiger charge is -2.20. The summed E-state index contributed by atoms with van der Waals surface area (Å²) in [7, 11) is -4.70. The Balaban J connectivity index is 4.32. The third-order valence-corrected chi connectivity index (χ3v) is 10.3. The lowest BCUT2D eigenvalue weighted by Crippen LogP contribution is -2.34. The SMILES string of the molecule is CCCCCCCCCCCCCCCCCCC(=O)OC[C@H](COP(=O)(O)OC[C@H](N)C(=O)O)OC(=O)CCCCCCCCCCCCCC. The van der Waals surface area contributed by atoms with Gasteiger partial charge in [-0.2, -0.15) is 0 Å². The molecule has 0 fully saturated rings. The molecule has 11 nitrogen and oxygen atoms in total. The Morgan fingerprint density at radius 3 is 1.21 bits per heavy atom. The molecular formula is C40H78NO10P. The van der Waals surface area contributed by atoms with Crippen molar-refractivity contribution in [3.63, 3.8) is 0 Å². The molecule has 3 atom stereocenters. The highest BCUT2D eigenvalue weighted by molar-refractivity contribution is 7.47. The highest BCUT2D eigenvalue weighted by Gasteiger charge is 2.28. The van der Waals surface area contributed by atoms with Crippen LogP contribution in [0.15, 0.2) is 0 Å². The zero-order chi connectivity index (χ0) is 38.5. The Bertz CT molecular complexity index is 906. The number of carbonyl (C=O) groups excluding carboxylic acids is 2. The van der Waals surface area contributed by atoms with Crippen LogP contribution in [0.4, 0.5) is 0 Å². The second-order valence-corrected chi connectivity index (χ2v) is 15.9. The molecule has 0 aliphatic carbocycles. The Kier molecular flexibility index (Phi) is 35.4. The van der Waals surface area contributed by atoms with Crippen LogP contribution in [0.5, 0.6) is 0 Å². The summed E-state index contributed by atoms with van der Waals surface area (Å²) in [6.45, 7) is 2.82. The van der Waals surface area contributed by atoms with Crippen molar-refractivity contribution in [2.24, 2.45) is 5.73 Å². The predicted octanol–water partition coefficient (Wildman–Crippen LogP) is 10.7. The normalized spacial score (nSPS) is 13.8. The van der Waals surface area contributed by atoms with Gasteiger partial charge in [-0.3, -0.25) is 23.4 Å². The molecule has 308 valence electrons. The van der Waals surface area contributed by atoms with E-state index in [0.29, 0.717) is 12.8 Å². The Morgan fingerprint density at radius 2 is 0.846 bits per heavy atom. The van der Waals surface area contributed by atoms with Gasteiger partial charge in [0.15, 0.2) is 6.10 Å². The molecule has 0 aromatic rings. The molecule has 1 unspecified atom stereocenters. The highest BCUT2D eigenvalue weighted by atomic mass is 31.2. The van der Waals surface area contributed by atoms with Crippen molar-refractivity contribution in [2.45, 2.75) is 219 Å². The number of aliphatic carboxylic acids is 1. The van der Waals surface area contributed by atoms with Gasteiger partial charge in [0.25, 0.3) is 0 Å². The van der Waals surface area contributed by atoms with Crippen molar-refractivity contribution in [3.05, 3.63) is 0 Å². The Morgan fingerprint density at radius 1 is 0.519 bits per heavy atom. The average Bonchev–Trinajstić information content (AvgIpc) is 3.12. The van der Waals surface area contributed by atoms with E-state index in [1.54, 1.807) is 0 Å². The number of nitrogens with two attached hydrogens (primary N) is 1. The van der Waals surface area contributed by atoms with E-state index in [4.69, 9.17) is 24.8 Å². The van der Waals surface area contributed by atoms with Gasteiger partial charge in [0.1, 0.15) is 12.6 Å². The Labute approximate surface area is 316 Å². The van der Waals surface area contributed by atoms with Crippen LogP contribution >= 0.6 is 7.82 Å². The van der Waals surface area contributed by atoms with E-state index in [2.05, 4.69) is 18.4 Å².